The molecule has 0 saturated heterocycles. The molecule has 0 aromatic carbocycles. The van der Waals surface area contributed by atoms with Gasteiger partial charge in [0.25, 0.3) is 0 Å². The lowest BCUT2D eigenvalue weighted by atomic mass is 9.41. The first-order chi connectivity index (χ1) is 10.8. The number of amides is 1. The van der Waals surface area contributed by atoms with Crippen molar-refractivity contribution in [2.24, 2.45) is 40.7 Å². The van der Waals surface area contributed by atoms with E-state index in [1.807, 2.05) is 0 Å². The van der Waals surface area contributed by atoms with Crippen molar-refractivity contribution in [2.45, 2.75) is 53.4 Å². The molecule has 5 aliphatic rings. The van der Waals surface area contributed by atoms with Crippen LogP contribution in [0.1, 0.15) is 53.4 Å². The Kier molecular flexibility index (Phi) is 3.06. The van der Waals surface area contributed by atoms with Crippen LogP contribution < -0.4 is 5.73 Å². The number of allylic oxidation sites excluding steroid dienone is 5. The third-order valence-electron chi connectivity index (χ3n) is 8.00. The molecule has 23 heavy (non-hydrogen) atoms. The molecule has 0 aromatic rings. The average molecular weight is 311 g/mol. The molecule has 4 bridgehead atoms. The Labute approximate surface area is 139 Å². The van der Waals surface area contributed by atoms with E-state index >= 15 is 0 Å². The minimum atomic E-state index is -0.312. The molecule has 2 heteroatoms. The lowest BCUT2D eigenvalue weighted by Gasteiger charge is -2.61. The Hall–Kier alpha value is -1.31. The quantitative estimate of drug-likeness (QED) is 0.755. The van der Waals surface area contributed by atoms with E-state index in [0.717, 1.165) is 12.8 Å². The second-order valence-electron chi connectivity index (χ2n) is 8.73. The van der Waals surface area contributed by atoms with Crippen molar-refractivity contribution >= 4 is 5.91 Å². The van der Waals surface area contributed by atoms with Gasteiger partial charge in [-0.15, -0.1) is 0 Å². The zero-order valence-corrected chi connectivity index (χ0v) is 14.9. The highest BCUT2D eigenvalue weighted by Crippen LogP contribution is 2.67. The summed E-state index contributed by atoms with van der Waals surface area (Å²) in [5.74, 6) is 2.37. The number of nitrogens with two attached hydrogens (primary N) is 1. The van der Waals surface area contributed by atoms with E-state index in [9.17, 15) is 4.79 Å². The van der Waals surface area contributed by atoms with E-state index in [1.54, 1.807) is 0 Å². The van der Waals surface area contributed by atoms with Crippen molar-refractivity contribution in [3.63, 3.8) is 0 Å². The molecule has 0 spiro atoms. The van der Waals surface area contributed by atoms with Crippen molar-refractivity contribution in [1.82, 2.24) is 0 Å². The maximum atomic E-state index is 12.7. The fourth-order valence-electron chi connectivity index (χ4n) is 6.64. The Balaban J connectivity index is 1.87. The highest BCUT2D eigenvalue weighted by atomic mass is 16.1. The van der Waals surface area contributed by atoms with Crippen LogP contribution in [-0.4, -0.2) is 5.91 Å². The normalized spacial score (nSPS) is 45.4. The molecular weight excluding hydrogens is 282 g/mol. The largest absolute Gasteiger partial charge is 0.369 e. The summed E-state index contributed by atoms with van der Waals surface area (Å²) >= 11 is 0. The number of primary amides is 1. The Bertz CT molecular complexity index is 682. The van der Waals surface area contributed by atoms with E-state index in [4.69, 9.17) is 5.73 Å². The average Bonchev–Trinajstić information content (AvgIpc) is 2.69. The monoisotopic (exact) mass is 311 g/mol. The number of rotatable bonds is 2. The highest BCUT2D eigenvalue weighted by Gasteiger charge is 2.62. The summed E-state index contributed by atoms with van der Waals surface area (Å²) < 4.78 is 0. The zero-order valence-electron chi connectivity index (χ0n) is 14.9. The van der Waals surface area contributed by atoms with Crippen LogP contribution in [-0.2, 0) is 4.79 Å². The Morgan fingerprint density at radius 3 is 2.43 bits per heavy atom. The van der Waals surface area contributed by atoms with E-state index in [1.165, 1.54) is 40.7 Å². The summed E-state index contributed by atoms with van der Waals surface area (Å²) in [7, 11) is 0. The van der Waals surface area contributed by atoms with Gasteiger partial charge in [-0.2, -0.15) is 0 Å². The van der Waals surface area contributed by atoms with E-state index in [2.05, 4.69) is 34.3 Å². The van der Waals surface area contributed by atoms with Gasteiger partial charge in [0.2, 0.25) is 5.91 Å². The molecule has 4 fully saturated rings. The maximum Gasteiger partial charge on any atom is 0.224 e. The summed E-state index contributed by atoms with van der Waals surface area (Å²) in [4.78, 5) is 12.7. The number of hydrogen-bond acceptors (Lipinski definition) is 1. The number of carbonyl (C=O) groups is 1. The predicted octanol–water partition coefficient (Wildman–Crippen LogP) is 4.38. The highest BCUT2D eigenvalue weighted by molar-refractivity contribution is 5.83. The fourth-order valence-corrected chi connectivity index (χ4v) is 6.64. The predicted molar refractivity (Wildman–Crippen MR) is 93.4 cm³/mol. The summed E-state index contributed by atoms with van der Waals surface area (Å²) in [6.07, 6.45) is 4.41. The lowest BCUT2D eigenvalue weighted by molar-refractivity contribution is -0.145. The molecule has 2 N–H and O–H groups in total. The molecule has 0 aliphatic heterocycles. The molecular formula is C21H29NO. The van der Waals surface area contributed by atoms with Crippen molar-refractivity contribution < 1.29 is 4.79 Å². The first kappa shape index (κ1) is 15.2. The molecule has 0 heterocycles. The zero-order chi connectivity index (χ0) is 16.7. The summed E-state index contributed by atoms with van der Waals surface area (Å²) in [5.41, 5.74) is 13.0. The molecule has 0 radical (unpaired) electrons. The standard InChI is InChI=1S/C21H29NO/c1-10-11(2)13(4)18(12(10)3)19-17-7-15-6-16(14(17)5)9-21(19,8-15)20(22)23/h12,15-17,19H,5-9H2,1-4H3,(H2,22,23). The van der Waals surface area contributed by atoms with Crippen LogP contribution in [0.15, 0.2) is 34.4 Å². The fraction of sp³-hybridized carbons (Fsp3) is 0.667. The first-order valence-corrected chi connectivity index (χ1v) is 9.15. The second kappa shape index (κ2) is 4.62. The second-order valence-corrected chi connectivity index (χ2v) is 8.73. The summed E-state index contributed by atoms with van der Waals surface area (Å²) in [5, 5.41) is 0. The number of carbonyl (C=O) groups excluding carboxylic acids is 1. The molecule has 5 aliphatic carbocycles. The van der Waals surface area contributed by atoms with Gasteiger partial charge in [0.15, 0.2) is 0 Å². The molecule has 124 valence electrons. The molecule has 5 rings (SSSR count). The molecule has 2 nitrogen and oxygen atoms in total. The van der Waals surface area contributed by atoms with Crippen LogP contribution in [0, 0.1) is 35.0 Å². The molecule has 6 atom stereocenters. The van der Waals surface area contributed by atoms with Gasteiger partial charge in [-0.05, 0) is 81.3 Å². The van der Waals surface area contributed by atoms with Crippen LogP contribution >= 0.6 is 0 Å². The third kappa shape index (κ3) is 1.73. The minimum Gasteiger partial charge on any atom is -0.369 e. The van der Waals surface area contributed by atoms with E-state index in [-0.39, 0.29) is 11.3 Å². The van der Waals surface area contributed by atoms with Crippen LogP contribution in [0.5, 0.6) is 0 Å². The van der Waals surface area contributed by atoms with Crippen LogP contribution in [0.3, 0.4) is 0 Å². The number of hydrogen-bond donors (Lipinski definition) is 1. The van der Waals surface area contributed by atoms with Gasteiger partial charge in [-0.1, -0.05) is 30.2 Å². The lowest BCUT2D eigenvalue weighted by Crippen LogP contribution is -2.59. The van der Waals surface area contributed by atoms with Crippen molar-refractivity contribution in [3.8, 4) is 0 Å². The van der Waals surface area contributed by atoms with Crippen LogP contribution in [0.4, 0.5) is 0 Å². The van der Waals surface area contributed by atoms with Crippen molar-refractivity contribution in [2.75, 3.05) is 0 Å². The van der Waals surface area contributed by atoms with Gasteiger partial charge in [-0.3, -0.25) is 4.79 Å². The van der Waals surface area contributed by atoms with Crippen LogP contribution in [0.25, 0.3) is 0 Å². The van der Waals surface area contributed by atoms with Gasteiger partial charge in [0.05, 0.1) is 5.41 Å². The Morgan fingerprint density at radius 1 is 1.17 bits per heavy atom. The van der Waals surface area contributed by atoms with Crippen LogP contribution in [0.2, 0.25) is 0 Å². The topological polar surface area (TPSA) is 43.1 Å². The summed E-state index contributed by atoms with van der Waals surface area (Å²) in [6.45, 7) is 13.5. The molecule has 1 amide bonds. The van der Waals surface area contributed by atoms with E-state index in [0.29, 0.717) is 29.6 Å². The molecule has 6 unspecified atom stereocenters. The summed E-state index contributed by atoms with van der Waals surface area (Å²) in [6, 6.07) is 0. The molecule has 0 aromatic heterocycles. The van der Waals surface area contributed by atoms with Gasteiger partial charge in [-0.25, -0.2) is 0 Å². The SMILES string of the molecule is C=C1C2CC3CC1C(C1=C(C)C(C)=C(C)C1C)C(C(N)=O)(C3)C2. The van der Waals surface area contributed by atoms with Crippen molar-refractivity contribution in [1.29, 1.82) is 0 Å². The van der Waals surface area contributed by atoms with E-state index < -0.39 is 0 Å². The Morgan fingerprint density at radius 2 is 1.87 bits per heavy atom. The molecule has 4 saturated carbocycles. The third-order valence-corrected chi connectivity index (χ3v) is 8.00. The van der Waals surface area contributed by atoms with Crippen molar-refractivity contribution in [3.05, 3.63) is 34.4 Å². The van der Waals surface area contributed by atoms with Gasteiger partial charge in [0.1, 0.15) is 0 Å². The van der Waals surface area contributed by atoms with Gasteiger partial charge in [0, 0.05) is 5.92 Å². The van der Waals surface area contributed by atoms with Gasteiger partial charge >= 0.3 is 0 Å². The first-order valence-electron chi connectivity index (χ1n) is 9.15. The maximum absolute atomic E-state index is 12.7. The smallest absolute Gasteiger partial charge is 0.224 e. The minimum absolute atomic E-state index is 0.0518. The van der Waals surface area contributed by atoms with Gasteiger partial charge < -0.3 is 5.73 Å².